The number of nitrogens with zero attached hydrogens (tertiary/aromatic N) is 1. The van der Waals surface area contributed by atoms with Gasteiger partial charge in [-0.3, -0.25) is 9.59 Å². The first-order chi connectivity index (χ1) is 10.4. The number of aromatic carboxylic acids is 1. The van der Waals surface area contributed by atoms with Gasteiger partial charge >= 0.3 is 5.97 Å². The number of amides is 2. The minimum absolute atomic E-state index is 0.0192. The molecule has 0 fully saturated rings. The number of carboxylic acids is 1. The van der Waals surface area contributed by atoms with Crippen molar-refractivity contribution in [3.05, 3.63) is 63.7 Å². The van der Waals surface area contributed by atoms with Crippen LogP contribution in [-0.4, -0.2) is 22.9 Å². The van der Waals surface area contributed by atoms with Crippen LogP contribution in [0.3, 0.4) is 0 Å². The summed E-state index contributed by atoms with van der Waals surface area (Å²) in [5.41, 5.74) is 0.895. The minimum atomic E-state index is -1.23. The van der Waals surface area contributed by atoms with E-state index >= 15 is 0 Å². The monoisotopic (exact) mass is 315 g/mol. The lowest BCUT2D eigenvalue weighted by molar-refractivity contribution is 0.0697. The Hall–Kier alpha value is -2.66. The molecule has 0 spiro atoms. The molecule has 1 N–H and O–H groups in total. The van der Waals surface area contributed by atoms with Gasteiger partial charge in [-0.1, -0.05) is 23.7 Å². The van der Waals surface area contributed by atoms with Crippen LogP contribution in [0.4, 0.5) is 5.69 Å². The number of carbonyl (C=O) groups excluding carboxylic acids is 2. The number of imide groups is 1. The van der Waals surface area contributed by atoms with Crippen molar-refractivity contribution in [3.63, 3.8) is 0 Å². The van der Waals surface area contributed by atoms with Gasteiger partial charge in [0.25, 0.3) is 11.8 Å². The maximum absolute atomic E-state index is 12.4. The topological polar surface area (TPSA) is 74.7 Å². The number of hydrogen-bond acceptors (Lipinski definition) is 3. The average molecular weight is 316 g/mol. The zero-order valence-electron chi connectivity index (χ0n) is 11.5. The van der Waals surface area contributed by atoms with Crippen LogP contribution in [0.15, 0.2) is 36.4 Å². The van der Waals surface area contributed by atoms with Crippen molar-refractivity contribution in [2.75, 3.05) is 4.90 Å². The van der Waals surface area contributed by atoms with E-state index in [1.165, 1.54) is 24.3 Å². The Morgan fingerprint density at radius 1 is 1.09 bits per heavy atom. The van der Waals surface area contributed by atoms with E-state index in [4.69, 9.17) is 11.6 Å². The van der Waals surface area contributed by atoms with Gasteiger partial charge in [0.2, 0.25) is 0 Å². The molecular formula is C16H10ClNO4. The number of hydrogen-bond donors (Lipinski definition) is 1. The fraction of sp³-hybridized carbons (Fsp3) is 0.0625. The van der Waals surface area contributed by atoms with E-state index in [-0.39, 0.29) is 27.4 Å². The predicted molar refractivity (Wildman–Crippen MR) is 80.7 cm³/mol. The zero-order chi connectivity index (χ0) is 16.0. The Kier molecular flexibility index (Phi) is 3.22. The summed E-state index contributed by atoms with van der Waals surface area (Å²) in [5, 5.41) is 9.63. The Morgan fingerprint density at radius 2 is 1.64 bits per heavy atom. The summed E-state index contributed by atoms with van der Waals surface area (Å²) < 4.78 is 0. The van der Waals surface area contributed by atoms with Crippen LogP contribution < -0.4 is 4.90 Å². The van der Waals surface area contributed by atoms with Crippen molar-refractivity contribution in [1.82, 2.24) is 0 Å². The summed E-state index contributed by atoms with van der Waals surface area (Å²) in [6, 6.07) is 9.05. The molecule has 2 amide bonds. The summed E-state index contributed by atoms with van der Waals surface area (Å²) in [7, 11) is 0. The van der Waals surface area contributed by atoms with Crippen molar-refractivity contribution in [3.8, 4) is 0 Å². The Morgan fingerprint density at radius 3 is 2.14 bits per heavy atom. The first kappa shape index (κ1) is 14.3. The molecule has 5 nitrogen and oxygen atoms in total. The highest BCUT2D eigenvalue weighted by atomic mass is 35.5. The second-order valence-corrected chi connectivity index (χ2v) is 5.32. The molecule has 110 valence electrons. The third-order valence-electron chi connectivity index (χ3n) is 3.54. The average Bonchev–Trinajstić information content (AvgIpc) is 2.74. The van der Waals surface area contributed by atoms with E-state index in [0.717, 1.165) is 4.90 Å². The van der Waals surface area contributed by atoms with E-state index in [9.17, 15) is 19.5 Å². The molecular weight excluding hydrogens is 306 g/mol. The van der Waals surface area contributed by atoms with Crippen LogP contribution in [0.5, 0.6) is 0 Å². The largest absolute Gasteiger partial charge is 0.478 e. The first-order valence-electron chi connectivity index (χ1n) is 6.43. The molecule has 6 heteroatoms. The van der Waals surface area contributed by atoms with Crippen LogP contribution in [0.25, 0.3) is 0 Å². The molecule has 0 saturated heterocycles. The summed E-state index contributed by atoms with van der Waals surface area (Å²) in [6.07, 6.45) is 0. The number of carbonyl (C=O) groups is 3. The van der Waals surface area contributed by atoms with Crippen LogP contribution in [0, 0.1) is 6.92 Å². The molecule has 0 saturated carbocycles. The third kappa shape index (κ3) is 1.98. The van der Waals surface area contributed by atoms with Crippen molar-refractivity contribution in [2.24, 2.45) is 0 Å². The third-order valence-corrected chi connectivity index (χ3v) is 3.95. The SMILES string of the molecule is Cc1cc(C(=O)O)c(N2C(=O)c3ccccc3C2=O)cc1Cl. The van der Waals surface area contributed by atoms with Crippen LogP contribution >= 0.6 is 11.6 Å². The van der Waals surface area contributed by atoms with E-state index in [1.54, 1.807) is 19.1 Å². The number of anilines is 1. The van der Waals surface area contributed by atoms with Gasteiger partial charge in [-0.2, -0.15) is 0 Å². The highest BCUT2D eigenvalue weighted by Gasteiger charge is 2.38. The summed E-state index contributed by atoms with van der Waals surface area (Å²) in [5.74, 6) is -2.34. The summed E-state index contributed by atoms with van der Waals surface area (Å²) >= 11 is 6.03. The molecule has 2 aromatic carbocycles. The van der Waals surface area contributed by atoms with Crippen LogP contribution in [-0.2, 0) is 0 Å². The van der Waals surface area contributed by atoms with E-state index in [1.807, 2.05) is 0 Å². The molecule has 0 aliphatic carbocycles. The number of aryl methyl sites for hydroxylation is 1. The number of carboxylic acid groups (broad SMARTS) is 1. The lowest BCUT2D eigenvalue weighted by Crippen LogP contribution is -2.31. The van der Waals surface area contributed by atoms with Gasteiger partial charge in [-0.15, -0.1) is 0 Å². The lowest BCUT2D eigenvalue weighted by atomic mass is 10.1. The van der Waals surface area contributed by atoms with E-state index < -0.39 is 17.8 Å². The molecule has 1 heterocycles. The van der Waals surface area contributed by atoms with Crippen molar-refractivity contribution in [2.45, 2.75) is 6.92 Å². The maximum Gasteiger partial charge on any atom is 0.337 e. The molecule has 3 rings (SSSR count). The highest BCUT2D eigenvalue weighted by Crippen LogP contribution is 2.34. The van der Waals surface area contributed by atoms with Gasteiger partial charge in [0, 0.05) is 5.02 Å². The Balaban J connectivity index is 2.22. The van der Waals surface area contributed by atoms with Crippen molar-refractivity contribution in [1.29, 1.82) is 0 Å². The normalized spacial score (nSPS) is 13.5. The molecule has 0 unspecified atom stereocenters. The predicted octanol–water partition coefficient (Wildman–Crippen LogP) is 3.15. The molecule has 22 heavy (non-hydrogen) atoms. The summed E-state index contributed by atoms with van der Waals surface area (Å²) in [4.78, 5) is 37.2. The standard InChI is InChI=1S/C16H10ClNO4/c1-8-6-11(16(21)22)13(7-12(8)17)18-14(19)9-4-2-3-5-10(9)15(18)20/h2-7H,1H3,(H,21,22). The first-order valence-corrected chi connectivity index (χ1v) is 6.81. The Labute approximate surface area is 130 Å². The molecule has 0 bridgehead atoms. The fourth-order valence-corrected chi connectivity index (χ4v) is 2.59. The second kappa shape index (κ2) is 4.96. The van der Waals surface area contributed by atoms with Gasteiger partial charge in [0.15, 0.2) is 0 Å². The number of fused-ring (bicyclic) bond motifs is 1. The quantitative estimate of drug-likeness (QED) is 0.864. The van der Waals surface area contributed by atoms with Gasteiger partial charge in [-0.25, -0.2) is 9.69 Å². The van der Waals surface area contributed by atoms with Gasteiger partial charge in [0.05, 0.1) is 22.4 Å². The second-order valence-electron chi connectivity index (χ2n) is 4.91. The molecule has 0 aromatic heterocycles. The van der Waals surface area contributed by atoms with Gasteiger partial charge in [-0.05, 0) is 36.8 Å². The van der Waals surface area contributed by atoms with E-state index in [0.29, 0.717) is 5.56 Å². The minimum Gasteiger partial charge on any atom is -0.478 e. The molecule has 2 aromatic rings. The Bertz CT molecular complexity index is 809. The van der Waals surface area contributed by atoms with Gasteiger partial charge in [0.1, 0.15) is 0 Å². The number of benzene rings is 2. The number of halogens is 1. The molecule has 0 radical (unpaired) electrons. The number of rotatable bonds is 2. The van der Waals surface area contributed by atoms with Gasteiger partial charge < -0.3 is 5.11 Å². The van der Waals surface area contributed by atoms with Crippen LogP contribution in [0.1, 0.15) is 36.6 Å². The van der Waals surface area contributed by atoms with Crippen molar-refractivity contribution < 1.29 is 19.5 Å². The van der Waals surface area contributed by atoms with Crippen LogP contribution in [0.2, 0.25) is 5.02 Å². The molecule has 0 atom stereocenters. The maximum atomic E-state index is 12.4. The lowest BCUT2D eigenvalue weighted by Gasteiger charge is -2.17. The molecule has 1 aliphatic heterocycles. The highest BCUT2D eigenvalue weighted by molar-refractivity contribution is 6.36. The zero-order valence-corrected chi connectivity index (χ0v) is 12.2. The fourth-order valence-electron chi connectivity index (χ4n) is 2.44. The molecule has 1 aliphatic rings. The van der Waals surface area contributed by atoms with Crippen molar-refractivity contribution >= 4 is 35.1 Å². The smallest absolute Gasteiger partial charge is 0.337 e. The van der Waals surface area contributed by atoms with E-state index in [2.05, 4.69) is 0 Å². The summed E-state index contributed by atoms with van der Waals surface area (Å²) in [6.45, 7) is 1.65.